The molecule has 5 nitrogen and oxygen atoms in total. The van der Waals surface area contributed by atoms with Crippen LogP contribution < -0.4 is 4.89 Å². The van der Waals surface area contributed by atoms with Gasteiger partial charge in [-0.3, -0.25) is 4.57 Å². The molecule has 0 spiro atoms. The number of nitrogens with zero attached hydrogens (tertiary/aromatic N) is 1. The summed E-state index contributed by atoms with van der Waals surface area (Å²) in [5, 5.41) is 0. The maximum absolute atomic E-state index is 11.9. The number of halogens is 1. The normalized spacial score (nSPS) is 17.0. The zero-order chi connectivity index (χ0) is 10.5. The first-order valence-corrected chi connectivity index (χ1v) is 5.33. The summed E-state index contributed by atoms with van der Waals surface area (Å²) < 4.78 is 26.5. The van der Waals surface area contributed by atoms with Crippen LogP contribution in [0.3, 0.4) is 0 Å². The van der Waals surface area contributed by atoms with Gasteiger partial charge in [-0.2, -0.15) is 0 Å². The summed E-state index contributed by atoms with van der Waals surface area (Å²) in [6.45, 7) is 0.0140. The molecule has 0 bridgehead atoms. The number of hydrogen-bond donors (Lipinski definition) is 1. The molecule has 0 saturated carbocycles. The summed E-state index contributed by atoms with van der Waals surface area (Å²) >= 11 is 0. The molecular formula is C6H15FNO4P. The van der Waals surface area contributed by atoms with Crippen LogP contribution in [0.25, 0.3) is 0 Å². The van der Waals surface area contributed by atoms with Gasteiger partial charge in [0.15, 0.2) is 0 Å². The van der Waals surface area contributed by atoms with Crippen molar-refractivity contribution in [2.75, 3.05) is 40.5 Å². The Morgan fingerprint density at radius 3 is 2.46 bits per heavy atom. The summed E-state index contributed by atoms with van der Waals surface area (Å²) in [7, 11) is -1.13. The van der Waals surface area contributed by atoms with Gasteiger partial charge in [-0.25, -0.2) is 4.39 Å². The van der Waals surface area contributed by atoms with E-state index in [-0.39, 0.29) is 13.2 Å². The van der Waals surface area contributed by atoms with Crippen LogP contribution in [0, 0.1) is 0 Å². The molecule has 0 aromatic carbocycles. The van der Waals surface area contributed by atoms with E-state index in [4.69, 9.17) is 4.89 Å². The molecule has 13 heavy (non-hydrogen) atoms. The highest BCUT2D eigenvalue weighted by Crippen LogP contribution is 2.29. The molecule has 0 aliphatic carbocycles. The van der Waals surface area contributed by atoms with Crippen LogP contribution in [0.5, 0.6) is 0 Å². The number of alkyl halides is 1. The van der Waals surface area contributed by atoms with E-state index in [1.54, 1.807) is 14.1 Å². The molecule has 0 aromatic heterocycles. The Balaban J connectivity index is 3.69. The van der Waals surface area contributed by atoms with Gasteiger partial charge in [0, 0.05) is 0 Å². The van der Waals surface area contributed by atoms with Crippen molar-refractivity contribution in [2.24, 2.45) is 0 Å². The second kappa shape index (κ2) is 5.02. The SMILES string of the molecule is C[N+](C)(CC[18F])CCOP(=O)([O-])O. The summed E-state index contributed by atoms with van der Waals surface area (Å²) in [6, 6.07) is 0. The molecular weight excluding hydrogens is 199 g/mol. The first kappa shape index (κ1) is 13.0. The number of phosphoric acid groups is 1. The fourth-order valence-electron chi connectivity index (χ4n) is 0.744. The molecule has 0 heterocycles. The maximum atomic E-state index is 11.9. The van der Waals surface area contributed by atoms with Gasteiger partial charge < -0.3 is 18.8 Å². The minimum atomic E-state index is -4.62. The third kappa shape index (κ3) is 8.33. The van der Waals surface area contributed by atoms with Gasteiger partial charge in [0.25, 0.3) is 7.82 Å². The van der Waals surface area contributed by atoms with Crippen molar-refractivity contribution in [3.05, 3.63) is 0 Å². The number of rotatable bonds is 6. The summed E-state index contributed by atoms with van der Waals surface area (Å²) in [4.78, 5) is 18.4. The molecule has 7 heteroatoms. The van der Waals surface area contributed by atoms with Crippen molar-refractivity contribution in [1.29, 1.82) is 0 Å². The van der Waals surface area contributed by atoms with Crippen molar-refractivity contribution >= 4 is 7.82 Å². The predicted octanol–water partition coefficient (Wildman–Crippen LogP) is -0.490. The Labute approximate surface area is 77.0 Å². The molecule has 1 unspecified atom stereocenters. The molecule has 0 rings (SSSR count). The standard InChI is InChI=1S/C6H15FNO4P/c1-8(2,4-3-7)5-6-12-13(9,10)11/h3-6H2,1-2H3,(H-,9,10,11)/i7-1. The molecule has 1 atom stereocenters. The average Bonchev–Trinajstić information content (AvgIpc) is 1.82. The fraction of sp³-hybridized carbons (Fsp3) is 1.00. The van der Waals surface area contributed by atoms with Crippen molar-refractivity contribution in [3.8, 4) is 0 Å². The lowest BCUT2D eigenvalue weighted by atomic mass is 10.4. The smallest absolute Gasteiger partial charge is 0.265 e. The van der Waals surface area contributed by atoms with Gasteiger partial charge in [-0.15, -0.1) is 0 Å². The molecule has 1 N–H and O–H groups in total. The zero-order valence-corrected chi connectivity index (χ0v) is 8.67. The van der Waals surface area contributed by atoms with Gasteiger partial charge in [0.05, 0.1) is 14.1 Å². The second-order valence-corrected chi connectivity index (χ2v) is 4.57. The molecule has 0 radical (unpaired) electrons. The second-order valence-electron chi connectivity index (χ2n) is 3.37. The molecule has 0 aromatic rings. The highest BCUT2D eigenvalue weighted by Gasteiger charge is 2.15. The molecule has 0 aliphatic rings. The van der Waals surface area contributed by atoms with Gasteiger partial charge in [-0.1, -0.05) is 0 Å². The van der Waals surface area contributed by atoms with Gasteiger partial charge >= 0.3 is 0 Å². The van der Waals surface area contributed by atoms with E-state index in [9.17, 15) is 13.8 Å². The highest BCUT2D eigenvalue weighted by atomic mass is 31.2. The van der Waals surface area contributed by atoms with E-state index in [1.807, 2.05) is 0 Å². The quantitative estimate of drug-likeness (QED) is 0.478. The zero-order valence-electron chi connectivity index (χ0n) is 7.77. The van der Waals surface area contributed by atoms with Crippen molar-refractivity contribution < 1.29 is 27.7 Å². The van der Waals surface area contributed by atoms with Crippen molar-refractivity contribution in [1.82, 2.24) is 0 Å². The van der Waals surface area contributed by atoms with Gasteiger partial charge in [0.1, 0.15) is 26.4 Å². The van der Waals surface area contributed by atoms with Crippen molar-refractivity contribution in [3.63, 3.8) is 0 Å². The molecule has 0 amide bonds. The van der Waals surface area contributed by atoms with Crippen LogP contribution in [-0.4, -0.2) is 49.8 Å². The summed E-state index contributed by atoms with van der Waals surface area (Å²) in [6.07, 6.45) is 0. The lowest BCUT2D eigenvalue weighted by molar-refractivity contribution is -0.890. The fourth-order valence-corrected chi connectivity index (χ4v) is 1.06. The minimum absolute atomic E-state index is 0.135. The van der Waals surface area contributed by atoms with E-state index >= 15 is 0 Å². The summed E-state index contributed by atoms with van der Waals surface area (Å²) in [5.41, 5.74) is 0. The first-order chi connectivity index (χ1) is 5.77. The lowest BCUT2D eigenvalue weighted by Crippen LogP contribution is -2.43. The van der Waals surface area contributed by atoms with E-state index in [2.05, 4.69) is 4.52 Å². The van der Waals surface area contributed by atoms with Gasteiger partial charge in [-0.05, 0) is 0 Å². The lowest BCUT2D eigenvalue weighted by Gasteiger charge is -2.29. The third-order valence-corrected chi connectivity index (χ3v) is 2.15. The van der Waals surface area contributed by atoms with E-state index < -0.39 is 14.5 Å². The highest BCUT2D eigenvalue weighted by molar-refractivity contribution is 7.44. The first-order valence-electron chi connectivity index (χ1n) is 3.83. The largest absolute Gasteiger partial charge is 0.756 e. The predicted molar refractivity (Wildman–Crippen MR) is 43.6 cm³/mol. The Kier molecular flexibility index (Phi) is 5.02. The van der Waals surface area contributed by atoms with Gasteiger partial charge in [0.2, 0.25) is 0 Å². The van der Waals surface area contributed by atoms with Crippen LogP contribution in [0.4, 0.5) is 4.39 Å². The van der Waals surface area contributed by atoms with Crippen LogP contribution >= 0.6 is 7.82 Å². The number of likely N-dealkylation sites (N-methyl/N-ethyl adjacent to an activating group) is 1. The molecule has 80 valence electrons. The molecule has 0 fully saturated rings. The van der Waals surface area contributed by atoms with Crippen molar-refractivity contribution in [2.45, 2.75) is 0 Å². The molecule has 0 aliphatic heterocycles. The Morgan fingerprint density at radius 2 is 2.08 bits per heavy atom. The minimum Gasteiger partial charge on any atom is -0.756 e. The number of hydrogen-bond acceptors (Lipinski definition) is 3. The topological polar surface area (TPSA) is 69.6 Å². The van der Waals surface area contributed by atoms with E-state index in [1.165, 1.54) is 0 Å². The summed E-state index contributed by atoms with van der Waals surface area (Å²) in [5.74, 6) is 0. The van der Waals surface area contributed by atoms with Crippen LogP contribution in [0.15, 0.2) is 0 Å². The third-order valence-electron chi connectivity index (χ3n) is 1.64. The van der Waals surface area contributed by atoms with Crippen LogP contribution in [0.1, 0.15) is 0 Å². The van der Waals surface area contributed by atoms with Crippen LogP contribution in [-0.2, 0) is 9.09 Å². The van der Waals surface area contributed by atoms with Crippen LogP contribution in [0.2, 0.25) is 0 Å². The monoisotopic (exact) mass is 214 g/mol. The average molecular weight is 214 g/mol. The Morgan fingerprint density at radius 1 is 1.54 bits per heavy atom. The number of phosphoric ester groups is 1. The van der Waals surface area contributed by atoms with E-state index in [0.717, 1.165) is 0 Å². The number of quaternary nitrogens is 1. The maximum Gasteiger partial charge on any atom is 0.265 e. The Hall–Kier alpha value is -0.0000000000000000416. The Bertz CT molecular complexity index is 193. The van der Waals surface area contributed by atoms with E-state index in [0.29, 0.717) is 11.0 Å². The molecule has 0 saturated heterocycles.